The lowest BCUT2D eigenvalue weighted by atomic mass is 10.2. The average molecular weight is 446 g/mol. The Hall–Kier alpha value is -2.84. The van der Waals surface area contributed by atoms with Crippen LogP contribution in [-0.2, 0) is 11.3 Å². The van der Waals surface area contributed by atoms with Gasteiger partial charge in [0.1, 0.15) is 5.82 Å². The molecule has 156 valence electrons. The fraction of sp³-hybridized carbons (Fsp3) is 0.190. The monoisotopic (exact) mass is 445 g/mol. The molecule has 0 saturated carbocycles. The van der Waals surface area contributed by atoms with Crippen molar-refractivity contribution < 1.29 is 9.18 Å². The normalized spacial score (nSPS) is 10.7. The molecule has 1 heterocycles. The number of hydrogen-bond acceptors (Lipinski definition) is 5. The minimum atomic E-state index is -0.535. The second-order valence-electron chi connectivity index (χ2n) is 6.62. The summed E-state index contributed by atoms with van der Waals surface area (Å²) in [6, 6.07) is 12.0. The van der Waals surface area contributed by atoms with Crippen LogP contribution in [-0.4, -0.2) is 40.5 Å². The Kier molecular flexibility index (Phi) is 7.12. The van der Waals surface area contributed by atoms with Crippen LogP contribution in [0.25, 0.3) is 11.4 Å². The molecule has 2 aromatic carbocycles. The maximum Gasteiger partial charge on any atom is 0.234 e. The third-order valence-corrected chi connectivity index (χ3v) is 5.44. The lowest BCUT2D eigenvalue weighted by Gasteiger charge is -2.14. The van der Waals surface area contributed by atoms with E-state index in [-0.39, 0.29) is 16.7 Å². The number of carbonyl (C=O) groups excluding carboxylic acids is 1. The Morgan fingerprint density at radius 1 is 1.30 bits per heavy atom. The van der Waals surface area contributed by atoms with Crippen molar-refractivity contribution in [2.24, 2.45) is 0 Å². The molecule has 3 rings (SSSR count). The van der Waals surface area contributed by atoms with E-state index in [1.165, 1.54) is 30.0 Å². The van der Waals surface area contributed by atoms with Gasteiger partial charge in [-0.25, -0.2) is 4.39 Å². The zero-order valence-corrected chi connectivity index (χ0v) is 18.2. The molecule has 0 aliphatic carbocycles. The van der Waals surface area contributed by atoms with Gasteiger partial charge in [-0.1, -0.05) is 41.6 Å². The SMILES string of the molecule is C=CCn1c(SCC(=O)Nc2ccc(F)c(Cl)c2)nnc1-c1cccc(N(C)C)c1. The Labute approximate surface area is 183 Å². The van der Waals surface area contributed by atoms with Gasteiger partial charge in [-0.15, -0.1) is 16.8 Å². The molecule has 0 unspecified atom stereocenters. The molecule has 0 bridgehead atoms. The quantitative estimate of drug-likeness (QED) is 0.401. The number of anilines is 2. The Bertz CT molecular complexity index is 1070. The molecule has 1 aromatic heterocycles. The first-order valence-corrected chi connectivity index (χ1v) is 10.4. The predicted molar refractivity (Wildman–Crippen MR) is 121 cm³/mol. The molecule has 0 aliphatic heterocycles. The second kappa shape index (κ2) is 9.77. The van der Waals surface area contributed by atoms with Gasteiger partial charge in [0, 0.05) is 37.6 Å². The number of nitrogens with one attached hydrogen (secondary N) is 1. The number of amides is 1. The van der Waals surface area contributed by atoms with Crippen molar-refractivity contribution in [2.75, 3.05) is 30.1 Å². The minimum Gasteiger partial charge on any atom is -0.378 e. The van der Waals surface area contributed by atoms with Gasteiger partial charge in [-0.05, 0) is 30.3 Å². The Balaban J connectivity index is 1.75. The number of rotatable bonds is 8. The van der Waals surface area contributed by atoms with E-state index < -0.39 is 5.82 Å². The zero-order chi connectivity index (χ0) is 21.7. The van der Waals surface area contributed by atoms with Crippen molar-refractivity contribution in [3.05, 3.63) is 66.0 Å². The van der Waals surface area contributed by atoms with Crippen LogP contribution in [0.15, 0.2) is 60.3 Å². The topological polar surface area (TPSA) is 63.1 Å². The van der Waals surface area contributed by atoms with Crippen LogP contribution < -0.4 is 10.2 Å². The summed E-state index contributed by atoms with van der Waals surface area (Å²) in [7, 11) is 3.95. The van der Waals surface area contributed by atoms with E-state index in [0.29, 0.717) is 23.2 Å². The third-order valence-electron chi connectivity index (χ3n) is 4.18. The Morgan fingerprint density at radius 3 is 2.80 bits per heavy atom. The molecule has 9 heteroatoms. The summed E-state index contributed by atoms with van der Waals surface area (Å²) in [6.45, 7) is 4.31. The molecule has 0 atom stereocenters. The lowest BCUT2D eigenvalue weighted by Crippen LogP contribution is -2.14. The summed E-state index contributed by atoms with van der Waals surface area (Å²) >= 11 is 7.01. The molecule has 0 aliphatic rings. The molecule has 0 radical (unpaired) electrons. The van der Waals surface area contributed by atoms with Crippen molar-refractivity contribution >= 4 is 40.6 Å². The second-order valence-corrected chi connectivity index (χ2v) is 7.97. The smallest absolute Gasteiger partial charge is 0.234 e. The molecule has 6 nitrogen and oxygen atoms in total. The van der Waals surface area contributed by atoms with Crippen molar-refractivity contribution in [2.45, 2.75) is 11.7 Å². The predicted octanol–water partition coefficient (Wildman–Crippen LogP) is 4.72. The van der Waals surface area contributed by atoms with Crippen LogP contribution in [0, 0.1) is 5.82 Å². The summed E-state index contributed by atoms with van der Waals surface area (Å²) in [5.41, 5.74) is 2.40. The van der Waals surface area contributed by atoms with Crippen LogP contribution in [0.1, 0.15) is 0 Å². The van der Waals surface area contributed by atoms with Gasteiger partial charge in [0.15, 0.2) is 11.0 Å². The first-order valence-electron chi connectivity index (χ1n) is 9.08. The summed E-state index contributed by atoms with van der Waals surface area (Å²) in [5, 5.41) is 11.8. The van der Waals surface area contributed by atoms with E-state index in [1.807, 2.05) is 47.8 Å². The molecule has 0 spiro atoms. The van der Waals surface area contributed by atoms with Crippen LogP contribution in [0.3, 0.4) is 0 Å². The van der Waals surface area contributed by atoms with Crippen molar-refractivity contribution in [3.8, 4) is 11.4 Å². The van der Waals surface area contributed by atoms with E-state index in [1.54, 1.807) is 6.08 Å². The molecule has 1 N–H and O–H groups in total. The van der Waals surface area contributed by atoms with E-state index in [2.05, 4.69) is 22.1 Å². The van der Waals surface area contributed by atoms with Crippen LogP contribution >= 0.6 is 23.4 Å². The summed E-state index contributed by atoms with van der Waals surface area (Å²) in [4.78, 5) is 14.3. The van der Waals surface area contributed by atoms with Crippen LogP contribution in [0.4, 0.5) is 15.8 Å². The van der Waals surface area contributed by atoms with Crippen LogP contribution in [0.5, 0.6) is 0 Å². The maximum absolute atomic E-state index is 13.3. The van der Waals surface area contributed by atoms with E-state index in [0.717, 1.165) is 11.3 Å². The van der Waals surface area contributed by atoms with Crippen molar-refractivity contribution in [3.63, 3.8) is 0 Å². The van der Waals surface area contributed by atoms with Gasteiger partial charge in [0.05, 0.1) is 10.8 Å². The first-order chi connectivity index (χ1) is 14.4. The fourth-order valence-electron chi connectivity index (χ4n) is 2.73. The van der Waals surface area contributed by atoms with Gasteiger partial charge in [0.25, 0.3) is 0 Å². The van der Waals surface area contributed by atoms with Gasteiger partial charge >= 0.3 is 0 Å². The molecule has 0 fully saturated rings. The highest BCUT2D eigenvalue weighted by atomic mass is 35.5. The minimum absolute atomic E-state index is 0.0456. The summed E-state index contributed by atoms with van der Waals surface area (Å²) in [6.07, 6.45) is 1.76. The summed E-state index contributed by atoms with van der Waals surface area (Å²) in [5.74, 6) is 0.0217. The van der Waals surface area contributed by atoms with E-state index in [9.17, 15) is 9.18 Å². The van der Waals surface area contributed by atoms with Gasteiger partial charge < -0.3 is 10.2 Å². The lowest BCUT2D eigenvalue weighted by molar-refractivity contribution is -0.113. The van der Waals surface area contributed by atoms with Crippen molar-refractivity contribution in [1.29, 1.82) is 0 Å². The van der Waals surface area contributed by atoms with Gasteiger partial charge in [-0.2, -0.15) is 0 Å². The third kappa shape index (κ3) is 5.20. The first kappa shape index (κ1) is 21.9. The van der Waals surface area contributed by atoms with Gasteiger partial charge in [-0.3, -0.25) is 9.36 Å². The standard InChI is InChI=1S/C21H21ClFN5OS/c1-4-10-28-20(14-6-5-7-16(11-14)27(2)3)25-26-21(28)30-13-19(29)24-15-8-9-18(23)17(22)12-15/h4-9,11-12H,1,10,13H2,2-3H3,(H,24,29). The largest absolute Gasteiger partial charge is 0.378 e. The van der Waals surface area contributed by atoms with Crippen molar-refractivity contribution in [1.82, 2.24) is 14.8 Å². The van der Waals surface area contributed by atoms with Gasteiger partial charge in [0.2, 0.25) is 5.91 Å². The van der Waals surface area contributed by atoms with E-state index >= 15 is 0 Å². The van der Waals surface area contributed by atoms with E-state index in [4.69, 9.17) is 11.6 Å². The highest BCUT2D eigenvalue weighted by Gasteiger charge is 2.16. The number of nitrogens with zero attached hydrogens (tertiary/aromatic N) is 4. The molecular weight excluding hydrogens is 425 g/mol. The number of benzene rings is 2. The highest BCUT2D eigenvalue weighted by molar-refractivity contribution is 7.99. The number of halogens is 2. The molecule has 1 amide bonds. The molecule has 0 saturated heterocycles. The molecule has 30 heavy (non-hydrogen) atoms. The summed E-state index contributed by atoms with van der Waals surface area (Å²) < 4.78 is 15.2. The van der Waals surface area contributed by atoms with Crippen LogP contribution in [0.2, 0.25) is 5.02 Å². The number of thioether (sulfide) groups is 1. The average Bonchev–Trinajstić information content (AvgIpc) is 3.12. The zero-order valence-electron chi connectivity index (χ0n) is 16.6. The molecular formula is C21H21ClFN5OS. The number of carbonyl (C=O) groups is 1. The molecule has 3 aromatic rings. The number of allylic oxidation sites excluding steroid dienone is 1. The maximum atomic E-state index is 13.3. The number of hydrogen-bond donors (Lipinski definition) is 1. The fourth-order valence-corrected chi connectivity index (χ4v) is 3.66. The Morgan fingerprint density at radius 2 is 2.10 bits per heavy atom. The number of aromatic nitrogens is 3. The highest BCUT2D eigenvalue weighted by Crippen LogP contribution is 2.27.